The molecule has 3 rings (SSSR count). The molecule has 0 saturated carbocycles. The number of phosphoric acid groups is 3. The molecular weight excluding hydrogens is 557 g/mol. The third-order valence-electron chi connectivity index (χ3n) is 4.30. The first-order chi connectivity index (χ1) is 16.7. The molecule has 3 heterocycles. The summed E-state index contributed by atoms with van der Waals surface area (Å²) in [5, 5.41) is 14.0. The Morgan fingerprint density at radius 1 is 1.22 bits per heavy atom. The summed E-state index contributed by atoms with van der Waals surface area (Å²) in [6, 6.07) is -1.37. The quantitative estimate of drug-likeness (QED) is 0.0892. The number of fused-ring (bicyclic) bond motifs is 1. The molecule has 36 heavy (non-hydrogen) atoms. The molecule has 2 unspecified atom stereocenters. The number of nitrogens with zero attached hydrogens (tertiary/aromatic N) is 7. The molecule has 2 aromatic heterocycles. The van der Waals surface area contributed by atoms with Crippen LogP contribution in [0.5, 0.6) is 5.88 Å². The minimum atomic E-state index is -5.75. The van der Waals surface area contributed by atoms with Crippen LogP contribution in [-0.4, -0.2) is 75.7 Å². The Balaban J connectivity index is 1.83. The fourth-order valence-corrected chi connectivity index (χ4v) is 6.11. The summed E-state index contributed by atoms with van der Waals surface area (Å²) < 4.78 is 58.0. The lowest BCUT2D eigenvalue weighted by Gasteiger charge is -2.19. The van der Waals surface area contributed by atoms with Gasteiger partial charge in [0.05, 0.1) is 25.6 Å². The molecule has 2 aromatic rings. The summed E-state index contributed by atoms with van der Waals surface area (Å²) >= 11 is 0. The Morgan fingerprint density at radius 2 is 1.92 bits per heavy atom. The molecule has 7 N–H and O–H groups in total. The molecule has 200 valence electrons. The topological polar surface area (TPSA) is 317 Å². The first-order valence-electron chi connectivity index (χ1n) is 9.45. The molecule has 24 heteroatoms. The molecule has 0 aromatic carbocycles. The summed E-state index contributed by atoms with van der Waals surface area (Å²) in [6.45, 7) is 0.922. The zero-order valence-electron chi connectivity index (χ0n) is 17.9. The highest BCUT2D eigenvalue weighted by Crippen LogP contribution is 2.66. The van der Waals surface area contributed by atoms with Gasteiger partial charge in [-0.1, -0.05) is 5.11 Å². The van der Waals surface area contributed by atoms with Crippen LogP contribution in [-0.2, 0) is 31.6 Å². The van der Waals surface area contributed by atoms with Crippen molar-refractivity contribution in [1.82, 2.24) is 19.5 Å². The minimum absolute atomic E-state index is 0.0434. The van der Waals surface area contributed by atoms with Crippen LogP contribution in [0.2, 0.25) is 0 Å². The van der Waals surface area contributed by atoms with Gasteiger partial charge >= 0.3 is 23.5 Å². The van der Waals surface area contributed by atoms with Gasteiger partial charge in [-0.3, -0.25) is 9.09 Å². The maximum Gasteiger partial charge on any atom is 0.490 e. The van der Waals surface area contributed by atoms with E-state index in [2.05, 4.69) is 38.1 Å². The smallest absolute Gasteiger partial charge is 0.476 e. The van der Waals surface area contributed by atoms with Crippen LogP contribution in [0.25, 0.3) is 21.6 Å². The summed E-state index contributed by atoms with van der Waals surface area (Å²) in [7, 11) is -16.8. The lowest BCUT2D eigenvalue weighted by molar-refractivity contribution is -0.0428. The zero-order valence-corrected chi connectivity index (χ0v) is 20.5. The van der Waals surface area contributed by atoms with Gasteiger partial charge in [-0.15, -0.1) is 0 Å². The fourth-order valence-electron chi connectivity index (χ4n) is 3.08. The molecule has 1 aliphatic heterocycles. The van der Waals surface area contributed by atoms with E-state index in [1.807, 2.05) is 0 Å². The monoisotopic (exact) mass is 576 g/mol. The number of aliphatic hydroxyl groups excluding tert-OH is 1. The number of aliphatic hydroxyl groups is 1. The van der Waals surface area contributed by atoms with E-state index in [1.165, 1.54) is 10.9 Å². The zero-order chi connectivity index (χ0) is 26.9. The van der Waals surface area contributed by atoms with E-state index < -0.39 is 54.6 Å². The summed E-state index contributed by atoms with van der Waals surface area (Å²) in [6.07, 6.45) is -3.28. The van der Waals surface area contributed by atoms with Crippen molar-refractivity contribution in [2.45, 2.75) is 31.4 Å². The van der Waals surface area contributed by atoms with E-state index in [9.17, 15) is 28.6 Å². The second kappa shape index (κ2) is 10.6. The average Bonchev–Trinajstić information content (AvgIpc) is 3.26. The number of azide groups is 1. The number of hydrogen-bond donors (Lipinski definition) is 6. The van der Waals surface area contributed by atoms with Gasteiger partial charge < -0.3 is 39.9 Å². The van der Waals surface area contributed by atoms with Crippen LogP contribution in [0.1, 0.15) is 13.2 Å². The molecule has 1 saturated heterocycles. The highest BCUT2D eigenvalue weighted by molar-refractivity contribution is 7.66. The number of phosphoric ester groups is 1. The van der Waals surface area contributed by atoms with E-state index in [1.54, 1.807) is 6.92 Å². The number of imidazole rings is 1. The minimum Gasteiger partial charge on any atom is -0.476 e. The average molecular weight is 576 g/mol. The lowest BCUT2D eigenvalue weighted by Crippen LogP contribution is -2.32. The molecule has 21 nitrogen and oxygen atoms in total. The van der Waals surface area contributed by atoms with Crippen LogP contribution in [0, 0.1) is 0 Å². The van der Waals surface area contributed by atoms with Crippen LogP contribution in [0.3, 0.4) is 0 Å². The van der Waals surface area contributed by atoms with E-state index in [0.29, 0.717) is 0 Å². The van der Waals surface area contributed by atoms with Crippen molar-refractivity contribution in [3.63, 3.8) is 0 Å². The Kier molecular flexibility index (Phi) is 8.39. The first kappa shape index (κ1) is 28.4. The highest BCUT2D eigenvalue weighted by atomic mass is 31.3. The Morgan fingerprint density at radius 3 is 2.53 bits per heavy atom. The summed E-state index contributed by atoms with van der Waals surface area (Å²) in [4.78, 5) is 50.7. The third kappa shape index (κ3) is 6.76. The second-order valence-corrected chi connectivity index (χ2v) is 11.2. The second-order valence-electron chi connectivity index (χ2n) is 6.78. The van der Waals surface area contributed by atoms with Crippen LogP contribution in [0.15, 0.2) is 11.4 Å². The Hall–Kier alpha value is -2.21. The van der Waals surface area contributed by atoms with Crippen molar-refractivity contribution in [2.75, 3.05) is 18.9 Å². The van der Waals surface area contributed by atoms with Crippen molar-refractivity contribution >= 4 is 40.6 Å². The predicted molar refractivity (Wildman–Crippen MR) is 114 cm³/mol. The van der Waals surface area contributed by atoms with Gasteiger partial charge in [-0.25, -0.2) is 18.7 Å². The van der Waals surface area contributed by atoms with E-state index in [-0.39, 0.29) is 29.6 Å². The molecule has 0 spiro atoms. The van der Waals surface area contributed by atoms with Crippen LogP contribution in [0.4, 0.5) is 5.95 Å². The lowest BCUT2D eigenvalue weighted by atomic mass is 10.1. The van der Waals surface area contributed by atoms with E-state index in [0.717, 1.165) is 0 Å². The molecule has 1 fully saturated rings. The van der Waals surface area contributed by atoms with Crippen LogP contribution >= 0.6 is 23.5 Å². The molecule has 1 aliphatic rings. The van der Waals surface area contributed by atoms with Gasteiger partial charge in [-0.05, 0) is 12.5 Å². The van der Waals surface area contributed by atoms with Gasteiger partial charge in [0.25, 0.3) is 0 Å². The number of hydrogen-bond acceptors (Lipinski definition) is 14. The summed E-state index contributed by atoms with van der Waals surface area (Å²) in [5.74, 6) is -0.155. The normalized spacial score (nSPS) is 25.7. The number of nitrogens with two attached hydrogens (primary N) is 1. The maximum atomic E-state index is 12.0. The molecule has 0 amide bonds. The molecule has 0 radical (unpaired) electrons. The van der Waals surface area contributed by atoms with Gasteiger partial charge in [0, 0.05) is 4.91 Å². The van der Waals surface area contributed by atoms with Gasteiger partial charge in [-0.2, -0.15) is 18.6 Å². The van der Waals surface area contributed by atoms with Crippen molar-refractivity contribution in [2.24, 2.45) is 5.11 Å². The first-order valence-corrected chi connectivity index (χ1v) is 14.0. The molecular formula is C12H19N8O13P3. The van der Waals surface area contributed by atoms with Crippen molar-refractivity contribution < 1.29 is 61.0 Å². The number of anilines is 1. The number of nitrogen functional groups attached to an aromatic ring is 1. The molecule has 6 atom stereocenters. The van der Waals surface area contributed by atoms with Crippen LogP contribution < -0.4 is 10.5 Å². The molecule has 0 aliphatic carbocycles. The number of rotatable bonds is 11. The fraction of sp³-hybridized carbons (Fsp3) is 0.583. The number of ether oxygens (including phenoxy) is 2. The van der Waals surface area contributed by atoms with E-state index in [4.69, 9.17) is 30.5 Å². The van der Waals surface area contributed by atoms with Gasteiger partial charge in [0.2, 0.25) is 11.8 Å². The highest BCUT2D eigenvalue weighted by Gasteiger charge is 2.47. The molecule has 0 bridgehead atoms. The van der Waals surface area contributed by atoms with Crippen molar-refractivity contribution in [3.05, 3.63) is 16.8 Å². The van der Waals surface area contributed by atoms with Crippen molar-refractivity contribution in [3.8, 4) is 5.88 Å². The predicted octanol–water partition coefficient (Wildman–Crippen LogP) is 0.0877. The SMILES string of the molecule is CCOc1nc(N)nc2c1ncn2[C@@H]1O[C@H](COP(=O)(O)OP(=O)(O)OP(=O)(O)O)[C@@H](O)[C@H]1N=[N+]=[N-]. The number of aromatic nitrogens is 4. The van der Waals surface area contributed by atoms with Gasteiger partial charge in [0.1, 0.15) is 18.4 Å². The maximum absolute atomic E-state index is 12.0. The van der Waals surface area contributed by atoms with Gasteiger partial charge in [0.15, 0.2) is 11.2 Å². The standard InChI is InChI=1S/C12H19N8O13P3/c1-2-29-10-7-9(16-12(13)17-10)20(4-15-7)11-6(18-19-14)8(21)5(31-11)3-30-35(25,26)33-36(27,28)32-34(22,23)24/h4-6,8,11,21H,2-3H2,1H3,(H,25,26)(H,27,28)(H2,13,16,17)(H2,22,23,24)/t5-,6-,8-,11-/m1/s1. The Labute approximate surface area is 199 Å². The summed E-state index contributed by atoms with van der Waals surface area (Å²) in [5.41, 5.74) is 14.8. The third-order valence-corrected chi connectivity index (χ3v) is 8.10. The van der Waals surface area contributed by atoms with E-state index >= 15 is 0 Å². The Bertz CT molecular complexity index is 1310. The largest absolute Gasteiger partial charge is 0.490 e. The van der Waals surface area contributed by atoms with Crippen molar-refractivity contribution in [1.29, 1.82) is 0 Å².